The van der Waals surface area contributed by atoms with Crippen LogP contribution >= 0.6 is 0 Å². The van der Waals surface area contributed by atoms with Crippen molar-refractivity contribution in [2.45, 2.75) is 45.4 Å². The van der Waals surface area contributed by atoms with Crippen LogP contribution in [0.15, 0.2) is 45.1 Å². The lowest BCUT2D eigenvalue weighted by Crippen LogP contribution is -2.30. The van der Waals surface area contributed by atoms with E-state index in [1.807, 2.05) is 13.0 Å². The number of allylic oxidation sites excluding steroid dienone is 1. The van der Waals surface area contributed by atoms with Gasteiger partial charge in [-0.1, -0.05) is 18.6 Å². The maximum atomic E-state index is 11.9. The molecule has 0 radical (unpaired) electrons. The van der Waals surface area contributed by atoms with Gasteiger partial charge in [0.2, 0.25) is 0 Å². The first-order valence-electron chi connectivity index (χ1n) is 9.30. The molecule has 3 rings (SSSR count). The van der Waals surface area contributed by atoms with E-state index in [1.165, 1.54) is 24.5 Å². The molecule has 0 aliphatic heterocycles. The number of carbonyl (C=O) groups is 1. The highest BCUT2D eigenvalue weighted by molar-refractivity contribution is 5.82. The molecule has 2 aromatic rings. The highest BCUT2D eigenvalue weighted by Crippen LogP contribution is 2.23. The first-order chi connectivity index (χ1) is 12.7. The van der Waals surface area contributed by atoms with Crippen LogP contribution in [0.25, 0.3) is 11.0 Å². The summed E-state index contributed by atoms with van der Waals surface area (Å²) in [6.45, 7) is 2.58. The van der Waals surface area contributed by atoms with Gasteiger partial charge in [0.1, 0.15) is 11.3 Å². The Kier molecular flexibility index (Phi) is 6.10. The number of nitrogens with one attached hydrogen (secondary N) is 1. The average molecular weight is 355 g/mol. The van der Waals surface area contributed by atoms with E-state index in [2.05, 4.69) is 11.4 Å². The Morgan fingerprint density at radius 1 is 1.27 bits per heavy atom. The molecule has 1 N–H and O–H groups in total. The van der Waals surface area contributed by atoms with Gasteiger partial charge in [-0.15, -0.1) is 0 Å². The second kappa shape index (κ2) is 8.70. The maximum Gasteiger partial charge on any atom is 0.336 e. The number of hydrogen-bond acceptors (Lipinski definition) is 4. The van der Waals surface area contributed by atoms with E-state index < -0.39 is 0 Å². The van der Waals surface area contributed by atoms with Crippen LogP contribution in [-0.2, 0) is 11.2 Å². The quantitative estimate of drug-likeness (QED) is 0.607. The molecule has 0 bridgehead atoms. The zero-order valence-corrected chi connectivity index (χ0v) is 15.2. The summed E-state index contributed by atoms with van der Waals surface area (Å²) in [7, 11) is 0. The van der Waals surface area contributed by atoms with Gasteiger partial charge in [0.15, 0.2) is 6.61 Å². The molecule has 5 heteroatoms. The van der Waals surface area contributed by atoms with Gasteiger partial charge in [0.05, 0.1) is 0 Å². The van der Waals surface area contributed by atoms with Crippen LogP contribution in [0.5, 0.6) is 5.75 Å². The van der Waals surface area contributed by atoms with Gasteiger partial charge in [0, 0.05) is 24.1 Å². The van der Waals surface area contributed by atoms with Crippen molar-refractivity contribution < 1.29 is 13.9 Å². The molecule has 0 saturated heterocycles. The summed E-state index contributed by atoms with van der Waals surface area (Å²) in [6, 6.07) is 6.83. The second-order valence-corrected chi connectivity index (χ2v) is 6.60. The zero-order valence-electron chi connectivity index (χ0n) is 15.2. The fourth-order valence-electron chi connectivity index (χ4n) is 3.29. The minimum Gasteiger partial charge on any atom is -0.484 e. The van der Waals surface area contributed by atoms with Crippen molar-refractivity contribution in [1.29, 1.82) is 0 Å². The molecule has 138 valence electrons. The van der Waals surface area contributed by atoms with Gasteiger partial charge >= 0.3 is 5.63 Å². The van der Waals surface area contributed by atoms with Crippen molar-refractivity contribution in [2.24, 2.45) is 0 Å². The van der Waals surface area contributed by atoms with E-state index in [0.717, 1.165) is 36.6 Å². The average Bonchev–Trinajstić information content (AvgIpc) is 2.66. The minimum atomic E-state index is -0.374. The summed E-state index contributed by atoms with van der Waals surface area (Å²) >= 11 is 0. The molecule has 1 aliphatic rings. The van der Waals surface area contributed by atoms with Crippen LogP contribution in [0, 0.1) is 0 Å². The van der Waals surface area contributed by atoms with Crippen LogP contribution in [-0.4, -0.2) is 19.1 Å². The van der Waals surface area contributed by atoms with Crippen molar-refractivity contribution in [3.05, 3.63) is 51.9 Å². The standard InChI is InChI=1S/C21H25NO4/c1-2-16-12-21(24)26-19-13-17(8-9-18(16)19)25-14-20(23)22-11-10-15-6-4-3-5-7-15/h6,8-9,12-13H,2-5,7,10-11,14H2,1H3,(H,22,23). The molecule has 0 atom stereocenters. The van der Waals surface area contributed by atoms with Crippen molar-refractivity contribution in [1.82, 2.24) is 5.32 Å². The summed E-state index contributed by atoms with van der Waals surface area (Å²) in [5, 5.41) is 3.78. The Labute approximate surface area is 153 Å². The molecule has 1 amide bonds. The van der Waals surface area contributed by atoms with Crippen molar-refractivity contribution in [3.63, 3.8) is 0 Å². The SMILES string of the molecule is CCc1cc(=O)oc2cc(OCC(=O)NCCC3=CCCCC3)ccc12. The fourth-order valence-corrected chi connectivity index (χ4v) is 3.29. The van der Waals surface area contributed by atoms with Crippen molar-refractivity contribution >= 4 is 16.9 Å². The van der Waals surface area contributed by atoms with Gasteiger partial charge in [-0.3, -0.25) is 4.79 Å². The topological polar surface area (TPSA) is 68.5 Å². The monoisotopic (exact) mass is 355 g/mol. The molecular formula is C21H25NO4. The highest BCUT2D eigenvalue weighted by atomic mass is 16.5. The lowest BCUT2D eigenvalue weighted by atomic mass is 9.97. The van der Waals surface area contributed by atoms with Crippen LogP contribution in [0.1, 0.15) is 44.6 Å². The van der Waals surface area contributed by atoms with Crippen molar-refractivity contribution in [2.75, 3.05) is 13.2 Å². The lowest BCUT2D eigenvalue weighted by Gasteiger charge is -2.13. The van der Waals surface area contributed by atoms with Crippen LogP contribution < -0.4 is 15.7 Å². The van der Waals surface area contributed by atoms with E-state index >= 15 is 0 Å². The van der Waals surface area contributed by atoms with E-state index in [1.54, 1.807) is 12.1 Å². The van der Waals surface area contributed by atoms with Gasteiger partial charge in [-0.2, -0.15) is 0 Å². The predicted molar refractivity (Wildman–Crippen MR) is 102 cm³/mol. The Bertz CT molecular complexity index is 866. The van der Waals surface area contributed by atoms with E-state index in [4.69, 9.17) is 9.15 Å². The predicted octanol–water partition coefficient (Wildman–Crippen LogP) is 3.74. The van der Waals surface area contributed by atoms with E-state index in [0.29, 0.717) is 17.9 Å². The molecule has 0 saturated carbocycles. The Morgan fingerprint density at radius 3 is 2.92 bits per heavy atom. The third-order valence-corrected chi connectivity index (χ3v) is 4.71. The number of carbonyl (C=O) groups excluding carboxylic acids is 1. The van der Waals surface area contributed by atoms with E-state index in [9.17, 15) is 9.59 Å². The van der Waals surface area contributed by atoms with Gasteiger partial charge in [-0.05, 0) is 56.2 Å². The Morgan fingerprint density at radius 2 is 2.15 bits per heavy atom. The largest absolute Gasteiger partial charge is 0.484 e. The molecule has 26 heavy (non-hydrogen) atoms. The summed E-state index contributed by atoms with van der Waals surface area (Å²) < 4.78 is 10.8. The number of benzene rings is 1. The van der Waals surface area contributed by atoms with Gasteiger partial charge in [-0.25, -0.2) is 4.79 Å². The minimum absolute atomic E-state index is 0.0533. The molecule has 0 fully saturated rings. The van der Waals surface area contributed by atoms with Crippen LogP contribution in [0.4, 0.5) is 0 Å². The zero-order chi connectivity index (χ0) is 18.4. The number of aryl methyl sites for hydroxylation is 1. The number of amides is 1. The Hall–Kier alpha value is -2.56. The van der Waals surface area contributed by atoms with Crippen molar-refractivity contribution in [3.8, 4) is 5.75 Å². The number of fused-ring (bicyclic) bond motifs is 1. The molecule has 5 nitrogen and oxygen atoms in total. The molecular weight excluding hydrogens is 330 g/mol. The molecule has 1 heterocycles. The number of ether oxygens (including phenoxy) is 1. The molecule has 1 aromatic carbocycles. The van der Waals surface area contributed by atoms with Crippen LogP contribution in [0.3, 0.4) is 0 Å². The first-order valence-corrected chi connectivity index (χ1v) is 9.30. The number of hydrogen-bond donors (Lipinski definition) is 1. The molecule has 0 spiro atoms. The van der Waals surface area contributed by atoms with Crippen LogP contribution in [0.2, 0.25) is 0 Å². The Balaban J connectivity index is 1.53. The van der Waals surface area contributed by atoms with E-state index in [-0.39, 0.29) is 18.1 Å². The smallest absolute Gasteiger partial charge is 0.336 e. The fraction of sp³-hybridized carbons (Fsp3) is 0.429. The van der Waals surface area contributed by atoms with Gasteiger partial charge < -0.3 is 14.5 Å². The maximum absolute atomic E-state index is 11.9. The second-order valence-electron chi connectivity index (χ2n) is 6.60. The number of rotatable bonds is 7. The summed E-state index contributed by atoms with van der Waals surface area (Å²) in [4.78, 5) is 23.6. The van der Waals surface area contributed by atoms with Gasteiger partial charge in [0.25, 0.3) is 5.91 Å². The lowest BCUT2D eigenvalue weighted by molar-refractivity contribution is -0.123. The third kappa shape index (κ3) is 4.75. The third-order valence-electron chi connectivity index (χ3n) is 4.71. The summed E-state index contributed by atoms with van der Waals surface area (Å²) in [5.41, 5.74) is 2.49. The molecule has 1 aromatic heterocycles. The first kappa shape index (κ1) is 18.2. The highest BCUT2D eigenvalue weighted by Gasteiger charge is 2.08. The molecule has 0 unspecified atom stereocenters. The summed E-state index contributed by atoms with van der Waals surface area (Å²) in [5.74, 6) is 0.365. The molecule has 1 aliphatic carbocycles. The normalized spacial score (nSPS) is 14.1. The summed E-state index contributed by atoms with van der Waals surface area (Å²) in [6.07, 6.45) is 8.78.